The summed E-state index contributed by atoms with van der Waals surface area (Å²) in [6, 6.07) is -10.7. The molecule has 0 aromatic rings. The molecule has 604 valence electrons. The van der Waals surface area contributed by atoms with Crippen molar-refractivity contribution in [1.82, 2.24) is 60.0 Å². The highest BCUT2D eigenvalue weighted by Gasteiger charge is 2.60. The highest BCUT2D eigenvalue weighted by molar-refractivity contribution is 6.01. The first-order valence-electron chi connectivity index (χ1n) is 39.2. The number of rotatable bonds is 14. The molecule has 7 rings (SSSR count). The topological polar surface area (TPSA) is 279 Å². The standard InChI is InChI=1S/C77H123F5N12O13/c1-16-48(7)64-72(104)87(11)42-62(97)88(12)55-27-21-20-24-34-93(71(55)103)58(38-49-30-28-46(5)29-31-49)69(101)86(10)41-60(95)83-54(33-32-50-36-52(78)63(53(79)37-50)77(80,81)82)68(100)94-40-47(6)35-56(94)67(99)85-76(44-75(8,9)45-76)74(106)91(15)65(51-25-22-23-26-51)73(105)90(14)57(70(102)92(17-2)18-3)39-61(96)89(13)59(43-107-19-4)66(98)84-64/h20-21,46-59,63-65H,16-19,22-45H2,1-15H3,(H,83,95)(H,84,98)(H,85,99)/b21-20-/t46?,47-,48-,49?,50?,52?,53?,54-,55-,56-,57-,58-,59-,63?,64-,65-/m0/s1. The Balaban J connectivity index is 1.33. The zero-order chi connectivity index (χ0) is 79.5. The summed E-state index contributed by atoms with van der Waals surface area (Å²) in [6.45, 7) is 15.2. The fourth-order valence-electron chi connectivity index (χ4n) is 17.8. The Morgan fingerprint density at radius 1 is 0.654 bits per heavy atom. The molecule has 0 aromatic heterocycles. The Hall–Kier alpha value is -7.01. The Morgan fingerprint density at radius 3 is 1.85 bits per heavy atom. The van der Waals surface area contributed by atoms with E-state index < -0.39 is 205 Å². The van der Waals surface area contributed by atoms with E-state index in [1.807, 2.05) is 19.9 Å². The third-order valence-corrected chi connectivity index (χ3v) is 24.4. The van der Waals surface area contributed by atoms with E-state index in [-0.39, 0.29) is 96.2 Å². The first kappa shape index (κ1) is 87.2. The van der Waals surface area contributed by atoms with Gasteiger partial charge < -0.3 is 64.8 Å². The van der Waals surface area contributed by atoms with Crippen LogP contribution in [0.15, 0.2) is 12.2 Å². The van der Waals surface area contributed by atoms with Gasteiger partial charge in [-0.25, -0.2) is 8.78 Å². The van der Waals surface area contributed by atoms with Crippen LogP contribution in [-0.4, -0.2) is 282 Å². The summed E-state index contributed by atoms with van der Waals surface area (Å²) < 4.78 is 78.7. The summed E-state index contributed by atoms with van der Waals surface area (Å²) in [6.07, 6.45) is -2.81. The second-order valence-electron chi connectivity index (χ2n) is 33.0. The molecule has 2 bridgehead atoms. The van der Waals surface area contributed by atoms with Crippen LogP contribution in [0.4, 0.5) is 22.0 Å². The maximum Gasteiger partial charge on any atom is 0.397 e. The summed E-state index contributed by atoms with van der Waals surface area (Å²) >= 11 is 0. The molecule has 25 nitrogen and oxygen atoms in total. The van der Waals surface area contributed by atoms with Crippen molar-refractivity contribution in [2.45, 2.75) is 263 Å². The summed E-state index contributed by atoms with van der Waals surface area (Å²) in [5.41, 5.74) is -2.23. The first-order chi connectivity index (χ1) is 50.2. The number of fused-ring (bicyclic) bond motifs is 3. The molecule has 0 radical (unpaired) electrons. The van der Waals surface area contributed by atoms with Crippen LogP contribution in [0.2, 0.25) is 0 Å². The maximum atomic E-state index is 15.8. The quantitative estimate of drug-likeness (QED) is 0.125. The molecule has 6 fully saturated rings. The molecule has 30 heteroatoms. The van der Waals surface area contributed by atoms with Gasteiger partial charge in [0.2, 0.25) is 70.9 Å². The van der Waals surface area contributed by atoms with E-state index >= 15 is 42.3 Å². The molecule has 0 aromatic carbocycles. The minimum absolute atomic E-state index is 0.0102. The van der Waals surface area contributed by atoms with Crippen molar-refractivity contribution in [3.05, 3.63) is 12.2 Å². The Bertz CT molecular complexity index is 3180. The number of halogens is 5. The predicted molar refractivity (Wildman–Crippen MR) is 390 cm³/mol. The molecular formula is C77H123F5N12O13. The zero-order valence-electron chi connectivity index (χ0n) is 66.0. The fourth-order valence-corrected chi connectivity index (χ4v) is 17.8. The molecule has 3 heterocycles. The van der Waals surface area contributed by atoms with Gasteiger partial charge in [0.25, 0.3) is 0 Å². The summed E-state index contributed by atoms with van der Waals surface area (Å²) in [5, 5.41) is 8.63. The number of ether oxygens (including phenoxy) is 1. The molecule has 12 amide bonds. The Morgan fingerprint density at radius 2 is 1.27 bits per heavy atom. The number of likely N-dealkylation sites (N-methyl/N-ethyl adjacent to an activating group) is 7. The highest BCUT2D eigenvalue weighted by atomic mass is 19.4. The zero-order valence-corrected chi connectivity index (χ0v) is 66.0. The van der Waals surface area contributed by atoms with Crippen molar-refractivity contribution in [1.29, 1.82) is 0 Å². The predicted octanol–water partition coefficient (Wildman–Crippen LogP) is 6.45. The van der Waals surface area contributed by atoms with Crippen LogP contribution >= 0.6 is 0 Å². The van der Waals surface area contributed by atoms with Crippen LogP contribution in [0.3, 0.4) is 0 Å². The van der Waals surface area contributed by atoms with E-state index in [0.29, 0.717) is 44.4 Å². The number of alkyl halides is 5. The van der Waals surface area contributed by atoms with Gasteiger partial charge in [0.05, 0.1) is 26.1 Å². The second kappa shape index (κ2) is 37.6. The van der Waals surface area contributed by atoms with Gasteiger partial charge in [-0.2, -0.15) is 13.2 Å². The van der Waals surface area contributed by atoms with Gasteiger partial charge in [-0.05, 0) is 139 Å². The minimum atomic E-state index is -5.17. The SMILES string of the molecule is CCOC[C@H]1C(=O)N[C@@H]([C@@H](C)CC)C(=O)N(C)CC(=O)N(C)[C@H]2C/C=C\CCN(C2=O)[C@@H](CC2CCC(C)CC2)C(=O)N(C)CC(=O)N[C@@H](CCC2CC(F)C(C(F)(F)F)C(F)C2)C(=O)N2C[C@@H](C)C[C@H]2C(=O)NC2(CC(C)(C)C2)C(=O)N(C)[C@@H](C2CCCC2)C(=O)N(C)[C@H](C(=O)N(CC)CC)CC(=O)N1C. The van der Waals surface area contributed by atoms with E-state index in [4.69, 9.17) is 4.74 Å². The molecule has 1 spiro atoms. The third kappa shape index (κ3) is 21.1. The van der Waals surface area contributed by atoms with Crippen LogP contribution in [0.5, 0.6) is 0 Å². The van der Waals surface area contributed by atoms with Gasteiger partial charge in [-0.1, -0.05) is 98.6 Å². The summed E-state index contributed by atoms with van der Waals surface area (Å²) in [7, 11) is 8.36. The molecule has 7 aliphatic rings. The maximum absolute atomic E-state index is 15.8. The number of carbonyl (C=O) groups is 12. The van der Waals surface area contributed by atoms with Gasteiger partial charge in [-0.3, -0.25) is 57.5 Å². The van der Waals surface area contributed by atoms with Crippen molar-refractivity contribution in [2.75, 3.05) is 94.8 Å². The normalized spacial score (nSPS) is 32.4. The number of nitrogens with zero attached hydrogens (tertiary/aromatic N) is 9. The number of hydrogen-bond donors (Lipinski definition) is 3. The van der Waals surface area contributed by atoms with Crippen molar-refractivity contribution in [2.24, 2.45) is 46.8 Å². The van der Waals surface area contributed by atoms with Crippen LogP contribution in [0.25, 0.3) is 0 Å². The fraction of sp³-hybridized carbons (Fsp3) is 0.818. The van der Waals surface area contributed by atoms with Crippen LogP contribution in [0.1, 0.15) is 191 Å². The number of nitrogens with one attached hydrogen (secondary N) is 3. The molecule has 12 atom stereocenters. The molecule has 3 aliphatic heterocycles. The van der Waals surface area contributed by atoms with Crippen molar-refractivity contribution < 1.29 is 84.2 Å². The molecule has 4 saturated carbocycles. The molecule has 107 heavy (non-hydrogen) atoms. The third-order valence-electron chi connectivity index (χ3n) is 24.4. The molecule has 4 aliphatic carbocycles. The van der Waals surface area contributed by atoms with Gasteiger partial charge in [0, 0.05) is 75.1 Å². The van der Waals surface area contributed by atoms with Gasteiger partial charge >= 0.3 is 6.18 Å². The smallest absolute Gasteiger partial charge is 0.379 e. The van der Waals surface area contributed by atoms with Gasteiger partial charge in [0.1, 0.15) is 72.1 Å². The van der Waals surface area contributed by atoms with E-state index in [1.165, 1.54) is 71.7 Å². The second-order valence-corrected chi connectivity index (χ2v) is 33.0. The first-order valence-corrected chi connectivity index (χ1v) is 39.2. The molecule has 3 N–H and O–H groups in total. The lowest BCUT2D eigenvalue weighted by molar-refractivity contribution is -0.219. The lowest BCUT2D eigenvalue weighted by atomic mass is 9.58. The number of amides is 12. The summed E-state index contributed by atoms with van der Waals surface area (Å²) in [5.74, 6) is -13.4. The monoisotopic (exact) mass is 1520 g/mol. The Labute approximate surface area is 629 Å². The van der Waals surface area contributed by atoms with E-state index in [1.54, 1.807) is 47.6 Å². The van der Waals surface area contributed by atoms with E-state index in [9.17, 15) is 37.1 Å². The van der Waals surface area contributed by atoms with Crippen LogP contribution in [-0.2, 0) is 62.3 Å². The minimum Gasteiger partial charge on any atom is -0.379 e. The molecule has 2 saturated heterocycles. The van der Waals surface area contributed by atoms with Gasteiger partial charge in [0.15, 0.2) is 0 Å². The average Bonchev–Trinajstić information content (AvgIpc) is 1.36. The number of hydrogen-bond acceptors (Lipinski definition) is 13. The van der Waals surface area contributed by atoms with Crippen molar-refractivity contribution >= 4 is 70.9 Å². The summed E-state index contributed by atoms with van der Waals surface area (Å²) in [4.78, 5) is 194. The lowest BCUT2D eigenvalue weighted by Crippen LogP contribution is -2.71. The number of carbonyl (C=O) groups excluding carboxylic acids is 12. The Kier molecular flexibility index (Phi) is 30.7. The highest BCUT2D eigenvalue weighted by Crippen LogP contribution is 2.50. The lowest BCUT2D eigenvalue weighted by Gasteiger charge is -2.54. The average molecular weight is 1520 g/mol. The van der Waals surface area contributed by atoms with Gasteiger partial charge in [-0.15, -0.1) is 0 Å². The van der Waals surface area contributed by atoms with Crippen molar-refractivity contribution in [3.63, 3.8) is 0 Å². The van der Waals surface area contributed by atoms with E-state index in [2.05, 4.69) is 22.9 Å². The van der Waals surface area contributed by atoms with Crippen LogP contribution < -0.4 is 16.0 Å². The van der Waals surface area contributed by atoms with Crippen molar-refractivity contribution in [3.8, 4) is 0 Å². The van der Waals surface area contributed by atoms with E-state index in [0.717, 1.165) is 40.4 Å². The van der Waals surface area contributed by atoms with Crippen LogP contribution in [0, 0.1) is 46.8 Å². The molecule has 2 unspecified atom stereocenters. The molecular weight excluding hydrogens is 1400 g/mol. The largest absolute Gasteiger partial charge is 0.397 e.